The predicted molar refractivity (Wildman–Crippen MR) is 31.0 cm³/mol. The molecule has 0 radical (unpaired) electrons. The number of hydrogen-bond donors (Lipinski definition) is 2. The van der Waals surface area contributed by atoms with E-state index in [1.807, 2.05) is 0 Å². The molecule has 1 aliphatic rings. The van der Waals surface area contributed by atoms with Crippen LogP contribution in [0.4, 0.5) is 4.79 Å². The molecule has 2 amide bonds. The highest BCUT2D eigenvalue weighted by Gasteiger charge is 2.32. The zero-order chi connectivity index (χ0) is 6.20. The molecular formula is C3H4Cl2N2O. The Labute approximate surface area is 56.3 Å². The van der Waals surface area contributed by atoms with Gasteiger partial charge in [0.2, 0.25) is 4.46 Å². The molecule has 0 aromatic rings. The zero-order valence-corrected chi connectivity index (χ0v) is 5.38. The van der Waals surface area contributed by atoms with Crippen molar-refractivity contribution in [2.24, 2.45) is 0 Å². The van der Waals surface area contributed by atoms with Gasteiger partial charge in [-0.15, -0.1) is 0 Å². The molecule has 46 valence electrons. The summed E-state index contributed by atoms with van der Waals surface area (Å²) >= 11 is 10.9. The maximum atomic E-state index is 10.3. The van der Waals surface area contributed by atoms with Crippen LogP contribution in [0.3, 0.4) is 0 Å². The van der Waals surface area contributed by atoms with E-state index in [1.165, 1.54) is 0 Å². The van der Waals surface area contributed by atoms with Gasteiger partial charge in [0.25, 0.3) is 0 Å². The van der Waals surface area contributed by atoms with Crippen molar-refractivity contribution in [3.63, 3.8) is 0 Å². The van der Waals surface area contributed by atoms with Crippen molar-refractivity contribution >= 4 is 29.2 Å². The van der Waals surface area contributed by atoms with E-state index in [-0.39, 0.29) is 12.6 Å². The van der Waals surface area contributed by atoms with Gasteiger partial charge in [-0.3, -0.25) is 0 Å². The van der Waals surface area contributed by atoms with E-state index in [0.717, 1.165) is 0 Å². The fraction of sp³-hybridized carbons (Fsp3) is 0.667. The summed E-state index contributed by atoms with van der Waals surface area (Å²) in [5, 5.41) is 4.67. The van der Waals surface area contributed by atoms with Crippen molar-refractivity contribution in [3.8, 4) is 0 Å². The maximum Gasteiger partial charge on any atom is 0.317 e. The first-order chi connectivity index (χ1) is 3.60. The number of nitrogens with one attached hydrogen (secondary N) is 2. The van der Waals surface area contributed by atoms with Gasteiger partial charge in [-0.2, -0.15) is 0 Å². The van der Waals surface area contributed by atoms with Gasteiger partial charge < -0.3 is 10.6 Å². The number of carbonyl (C=O) groups is 1. The normalized spacial score (nSPS) is 24.5. The molecule has 1 heterocycles. The lowest BCUT2D eigenvalue weighted by Crippen LogP contribution is -2.30. The summed E-state index contributed by atoms with van der Waals surface area (Å²) in [4.78, 5) is 10.3. The van der Waals surface area contributed by atoms with Crippen LogP contribution in [0.5, 0.6) is 0 Å². The summed E-state index contributed by atoms with van der Waals surface area (Å²) in [6, 6.07) is -0.324. The first-order valence-electron chi connectivity index (χ1n) is 2.04. The molecule has 1 rings (SSSR count). The second kappa shape index (κ2) is 1.67. The van der Waals surface area contributed by atoms with E-state index in [4.69, 9.17) is 23.2 Å². The van der Waals surface area contributed by atoms with E-state index in [9.17, 15) is 4.79 Å². The molecule has 0 saturated carbocycles. The van der Waals surface area contributed by atoms with Crippen molar-refractivity contribution in [2.75, 3.05) is 6.54 Å². The van der Waals surface area contributed by atoms with Crippen LogP contribution in [0.2, 0.25) is 0 Å². The number of urea groups is 1. The highest BCUT2D eigenvalue weighted by atomic mass is 35.5. The standard InChI is InChI=1S/C3H4Cl2N2O/c4-3(5)1-6-2(8)7-3/h1H2,(H2,6,7,8). The van der Waals surface area contributed by atoms with Gasteiger partial charge in [0.1, 0.15) is 0 Å². The third-order valence-electron chi connectivity index (χ3n) is 0.767. The highest BCUT2D eigenvalue weighted by molar-refractivity contribution is 6.49. The molecule has 2 N–H and O–H groups in total. The Morgan fingerprint density at radius 1 is 1.62 bits per heavy atom. The third-order valence-corrected chi connectivity index (χ3v) is 1.22. The van der Waals surface area contributed by atoms with E-state index < -0.39 is 4.46 Å². The number of rotatable bonds is 0. The minimum absolute atomic E-state index is 0.259. The Hall–Kier alpha value is -0.150. The van der Waals surface area contributed by atoms with E-state index in [2.05, 4.69) is 10.6 Å². The molecule has 1 saturated heterocycles. The number of alkyl halides is 2. The van der Waals surface area contributed by atoms with Crippen LogP contribution in [-0.2, 0) is 0 Å². The maximum absolute atomic E-state index is 10.3. The van der Waals surface area contributed by atoms with E-state index in [1.54, 1.807) is 0 Å². The molecule has 0 unspecified atom stereocenters. The lowest BCUT2D eigenvalue weighted by molar-refractivity contribution is 0.248. The van der Waals surface area contributed by atoms with Gasteiger partial charge >= 0.3 is 6.03 Å². The molecule has 3 nitrogen and oxygen atoms in total. The summed E-state index contributed by atoms with van der Waals surface area (Å²) in [6.07, 6.45) is 0. The summed E-state index contributed by atoms with van der Waals surface area (Å²) < 4.78 is -1.10. The van der Waals surface area contributed by atoms with Gasteiger partial charge in [-0.1, -0.05) is 23.2 Å². The second-order valence-corrected chi connectivity index (χ2v) is 3.00. The molecule has 0 spiro atoms. The molecule has 1 fully saturated rings. The third kappa shape index (κ3) is 1.17. The van der Waals surface area contributed by atoms with Crippen molar-refractivity contribution in [2.45, 2.75) is 4.46 Å². The van der Waals surface area contributed by atoms with Crippen molar-refractivity contribution < 1.29 is 4.79 Å². The lowest BCUT2D eigenvalue weighted by Gasteiger charge is -2.06. The van der Waals surface area contributed by atoms with Gasteiger partial charge in [0, 0.05) is 0 Å². The summed E-state index contributed by atoms with van der Waals surface area (Å²) in [5.41, 5.74) is 0. The average molecular weight is 155 g/mol. The minimum Gasteiger partial charge on any atom is -0.333 e. The second-order valence-electron chi connectivity index (χ2n) is 1.51. The first kappa shape index (κ1) is 5.98. The van der Waals surface area contributed by atoms with Gasteiger partial charge in [-0.25, -0.2) is 4.79 Å². The fourth-order valence-corrected chi connectivity index (χ4v) is 0.751. The zero-order valence-electron chi connectivity index (χ0n) is 3.87. The van der Waals surface area contributed by atoms with Crippen LogP contribution in [0, 0.1) is 0 Å². The van der Waals surface area contributed by atoms with Crippen LogP contribution in [0.15, 0.2) is 0 Å². The SMILES string of the molecule is O=C1NCC(Cl)(Cl)N1. The Morgan fingerprint density at radius 2 is 2.25 bits per heavy atom. The first-order valence-corrected chi connectivity index (χ1v) is 2.80. The van der Waals surface area contributed by atoms with E-state index >= 15 is 0 Å². The van der Waals surface area contributed by atoms with Gasteiger partial charge in [-0.05, 0) is 0 Å². The quantitative estimate of drug-likeness (QED) is 0.386. The number of carbonyl (C=O) groups excluding carboxylic acids is 1. The van der Waals surface area contributed by atoms with Crippen LogP contribution in [-0.4, -0.2) is 17.0 Å². The Bertz CT molecular complexity index is 124. The van der Waals surface area contributed by atoms with Crippen LogP contribution in [0.25, 0.3) is 0 Å². The molecule has 0 atom stereocenters. The van der Waals surface area contributed by atoms with Crippen LogP contribution >= 0.6 is 23.2 Å². The van der Waals surface area contributed by atoms with Gasteiger partial charge in [0.05, 0.1) is 6.54 Å². The fourth-order valence-electron chi connectivity index (χ4n) is 0.446. The number of amides is 2. The summed E-state index contributed by atoms with van der Waals surface area (Å²) in [5.74, 6) is 0. The Balaban J connectivity index is 2.56. The molecule has 5 heteroatoms. The Kier molecular flexibility index (Phi) is 1.25. The minimum atomic E-state index is -1.10. The predicted octanol–water partition coefficient (Wildman–Crippen LogP) is 0.431. The van der Waals surface area contributed by atoms with E-state index in [0.29, 0.717) is 0 Å². The van der Waals surface area contributed by atoms with Crippen LogP contribution < -0.4 is 10.6 Å². The number of halogens is 2. The molecule has 0 aromatic heterocycles. The smallest absolute Gasteiger partial charge is 0.317 e. The molecule has 1 aliphatic heterocycles. The van der Waals surface area contributed by atoms with Crippen LogP contribution in [0.1, 0.15) is 0 Å². The highest BCUT2D eigenvalue weighted by Crippen LogP contribution is 2.18. The largest absolute Gasteiger partial charge is 0.333 e. The topological polar surface area (TPSA) is 41.1 Å². The molecule has 0 aliphatic carbocycles. The average Bonchev–Trinajstić information content (AvgIpc) is 1.82. The van der Waals surface area contributed by atoms with Crippen molar-refractivity contribution in [1.82, 2.24) is 10.6 Å². The lowest BCUT2D eigenvalue weighted by atomic mass is 10.7. The van der Waals surface area contributed by atoms with Gasteiger partial charge in [0.15, 0.2) is 0 Å². The van der Waals surface area contributed by atoms with Crippen molar-refractivity contribution in [3.05, 3.63) is 0 Å². The summed E-state index contributed by atoms with van der Waals surface area (Å²) in [6.45, 7) is 0.259. The molecular weight excluding hydrogens is 151 g/mol. The molecule has 0 bridgehead atoms. The summed E-state index contributed by atoms with van der Waals surface area (Å²) in [7, 11) is 0. The number of hydrogen-bond acceptors (Lipinski definition) is 1. The molecule has 8 heavy (non-hydrogen) atoms. The van der Waals surface area contributed by atoms with Crippen molar-refractivity contribution in [1.29, 1.82) is 0 Å². The molecule has 0 aromatic carbocycles. The monoisotopic (exact) mass is 154 g/mol. The Morgan fingerprint density at radius 3 is 2.38 bits per heavy atom.